The van der Waals surface area contributed by atoms with Crippen LogP contribution in [0.25, 0.3) is 0 Å². The van der Waals surface area contributed by atoms with Gasteiger partial charge in [-0.15, -0.1) is 11.3 Å². The Balaban J connectivity index is 2.81. The maximum Gasteiger partial charge on any atom is 0.265 e. The molecule has 90 valence electrons. The minimum atomic E-state index is 0.0638. The van der Waals surface area contributed by atoms with Crippen molar-refractivity contribution in [3.05, 3.63) is 20.8 Å². The molecule has 0 saturated carbocycles. The summed E-state index contributed by atoms with van der Waals surface area (Å²) >= 11 is 4.84. The molecule has 0 spiro atoms. The molecule has 0 aliphatic carbocycles. The van der Waals surface area contributed by atoms with Crippen molar-refractivity contribution in [2.45, 2.75) is 19.9 Å². The molecule has 1 rings (SSSR count). The maximum atomic E-state index is 12.2. The average molecular weight is 306 g/mol. The number of nitrogens with zero attached hydrogens (tertiary/aromatic N) is 1. The summed E-state index contributed by atoms with van der Waals surface area (Å²) in [4.78, 5) is 14.8. The van der Waals surface area contributed by atoms with Gasteiger partial charge in [-0.25, -0.2) is 0 Å². The predicted molar refractivity (Wildman–Crippen MR) is 70.1 cm³/mol. The summed E-state index contributed by atoms with van der Waals surface area (Å²) in [5.74, 6) is 0.0638. The normalized spacial score (nSPS) is 12.5. The van der Waals surface area contributed by atoms with Crippen LogP contribution in [0.2, 0.25) is 0 Å². The number of methoxy groups -OCH3 is 1. The minimum Gasteiger partial charge on any atom is -0.383 e. The first-order valence-corrected chi connectivity index (χ1v) is 6.82. The summed E-state index contributed by atoms with van der Waals surface area (Å²) in [6, 6.07) is 1.99. The average Bonchev–Trinajstić information content (AvgIpc) is 2.65. The Labute approximate surface area is 109 Å². The molecule has 5 heteroatoms. The SMILES string of the molecule is CCN(C(=O)c1sccc1Br)C(C)COC. The summed E-state index contributed by atoms with van der Waals surface area (Å²) in [6.45, 7) is 5.22. The molecule has 1 heterocycles. The largest absolute Gasteiger partial charge is 0.383 e. The first kappa shape index (κ1) is 13.7. The van der Waals surface area contributed by atoms with Crippen molar-refractivity contribution in [2.24, 2.45) is 0 Å². The highest BCUT2D eigenvalue weighted by atomic mass is 79.9. The van der Waals surface area contributed by atoms with Gasteiger partial charge in [0.25, 0.3) is 5.91 Å². The summed E-state index contributed by atoms with van der Waals surface area (Å²) in [7, 11) is 1.65. The molecular formula is C11H16BrNO2S. The van der Waals surface area contributed by atoms with Gasteiger partial charge in [0.2, 0.25) is 0 Å². The zero-order valence-corrected chi connectivity index (χ0v) is 12.1. The van der Waals surface area contributed by atoms with E-state index in [1.54, 1.807) is 7.11 Å². The minimum absolute atomic E-state index is 0.0638. The van der Waals surface area contributed by atoms with Gasteiger partial charge < -0.3 is 9.64 Å². The van der Waals surface area contributed by atoms with Gasteiger partial charge in [-0.2, -0.15) is 0 Å². The second-order valence-electron chi connectivity index (χ2n) is 3.49. The van der Waals surface area contributed by atoms with Crippen LogP contribution in [0.3, 0.4) is 0 Å². The molecule has 1 atom stereocenters. The number of likely N-dealkylation sites (N-methyl/N-ethyl adjacent to an activating group) is 1. The molecule has 0 saturated heterocycles. The molecule has 1 aromatic heterocycles. The Hall–Kier alpha value is -0.390. The summed E-state index contributed by atoms with van der Waals surface area (Å²) in [5.41, 5.74) is 0. The fraction of sp³-hybridized carbons (Fsp3) is 0.545. The first-order valence-electron chi connectivity index (χ1n) is 5.14. The number of ether oxygens (including phenoxy) is 1. The van der Waals surface area contributed by atoms with E-state index in [0.29, 0.717) is 13.2 Å². The molecule has 1 aromatic rings. The van der Waals surface area contributed by atoms with E-state index in [0.717, 1.165) is 9.35 Å². The quantitative estimate of drug-likeness (QED) is 0.837. The van der Waals surface area contributed by atoms with E-state index in [-0.39, 0.29) is 11.9 Å². The van der Waals surface area contributed by atoms with Gasteiger partial charge in [0, 0.05) is 18.1 Å². The van der Waals surface area contributed by atoms with E-state index in [4.69, 9.17) is 4.74 Å². The van der Waals surface area contributed by atoms with Crippen LogP contribution in [0, 0.1) is 0 Å². The summed E-state index contributed by atoms with van der Waals surface area (Å²) in [5, 5.41) is 1.91. The molecule has 0 fully saturated rings. The van der Waals surface area contributed by atoms with Crippen molar-refractivity contribution in [1.29, 1.82) is 0 Å². The molecule has 3 nitrogen and oxygen atoms in total. The number of rotatable bonds is 5. The van der Waals surface area contributed by atoms with Gasteiger partial charge in [0.15, 0.2) is 0 Å². The molecule has 16 heavy (non-hydrogen) atoms. The zero-order chi connectivity index (χ0) is 12.1. The van der Waals surface area contributed by atoms with Gasteiger partial charge in [-0.05, 0) is 41.2 Å². The van der Waals surface area contributed by atoms with E-state index in [1.165, 1.54) is 11.3 Å². The number of carbonyl (C=O) groups is 1. The highest BCUT2D eigenvalue weighted by Gasteiger charge is 2.22. The van der Waals surface area contributed by atoms with E-state index in [9.17, 15) is 4.79 Å². The van der Waals surface area contributed by atoms with Gasteiger partial charge in [0.05, 0.1) is 12.6 Å². The number of hydrogen-bond acceptors (Lipinski definition) is 3. The Morgan fingerprint density at radius 3 is 2.81 bits per heavy atom. The lowest BCUT2D eigenvalue weighted by Gasteiger charge is -2.27. The van der Waals surface area contributed by atoms with Crippen LogP contribution < -0.4 is 0 Å². The summed E-state index contributed by atoms with van der Waals surface area (Å²) in [6.07, 6.45) is 0. The van der Waals surface area contributed by atoms with Crippen molar-refractivity contribution >= 4 is 33.2 Å². The number of thiophene rings is 1. The Morgan fingerprint density at radius 2 is 2.38 bits per heavy atom. The fourth-order valence-corrected chi connectivity index (χ4v) is 3.06. The van der Waals surface area contributed by atoms with E-state index in [2.05, 4.69) is 15.9 Å². The number of halogens is 1. The van der Waals surface area contributed by atoms with E-state index in [1.807, 2.05) is 30.2 Å². The smallest absolute Gasteiger partial charge is 0.265 e. The van der Waals surface area contributed by atoms with Gasteiger partial charge in [-0.1, -0.05) is 0 Å². The van der Waals surface area contributed by atoms with Gasteiger partial charge >= 0.3 is 0 Å². The Morgan fingerprint density at radius 1 is 1.69 bits per heavy atom. The molecule has 0 aliphatic rings. The van der Waals surface area contributed by atoms with Gasteiger partial charge in [0.1, 0.15) is 4.88 Å². The van der Waals surface area contributed by atoms with Crippen LogP contribution in [0.15, 0.2) is 15.9 Å². The van der Waals surface area contributed by atoms with Crippen LogP contribution in [-0.4, -0.2) is 37.1 Å². The van der Waals surface area contributed by atoms with Crippen molar-refractivity contribution in [3.63, 3.8) is 0 Å². The summed E-state index contributed by atoms with van der Waals surface area (Å²) < 4.78 is 5.95. The molecule has 0 aromatic carbocycles. The fourth-order valence-electron chi connectivity index (χ4n) is 1.56. The van der Waals surface area contributed by atoms with Crippen LogP contribution in [-0.2, 0) is 4.74 Å². The third-order valence-corrected chi connectivity index (χ3v) is 4.18. The van der Waals surface area contributed by atoms with Crippen molar-refractivity contribution in [3.8, 4) is 0 Å². The number of amides is 1. The standard InChI is InChI=1S/C11H16BrNO2S/c1-4-13(8(2)7-15-3)11(14)10-9(12)5-6-16-10/h5-6,8H,4,7H2,1-3H3. The molecule has 0 bridgehead atoms. The van der Waals surface area contributed by atoms with E-state index >= 15 is 0 Å². The van der Waals surface area contributed by atoms with Crippen LogP contribution in [0.5, 0.6) is 0 Å². The molecule has 1 amide bonds. The van der Waals surface area contributed by atoms with Crippen LogP contribution in [0.1, 0.15) is 23.5 Å². The Bertz CT molecular complexity index is 354. The zero-order valence-electron chi connectivity index (χ0n) is 9.70. The first-order chi connectivity index (χ1) is 7.61. The van der Waals surface area contributed by atoms with Crippen LogP contribution >= 0.6 is 27.3 Å². The molecule has 0 N–H and O–H groups in total. The van der Waals surface area contributed by atoms with Crippen molar-refractivity contribution in [2.75, 3.05) is 20.3 Å². The highest BCUT2D eigenvalue weighted by molar-refractivity contribution is 9.10. The van der Waals surface area contributed by atoms with Gasteiger partial charge in [-0.3, -0.25) is 4.79 Å². The monoisotopic (exact) mass is 305 g/mol. The highest BCUT2D eigenvalue weighted by Crippen LogP contribution is 2.24. The maximum absolute atomic E-state index is 12.2. The van der Waals surface area contributed by atoms with Crippen molar-refractivity contribution < 1.29 is 9.53 Å². The molecule has 0 radical (unpaired) electrons. The second-order valence-corrected chi connectivity index (χ2v) is 5.26. The predicted octanol–water partition coefficient (Wildman–Crippen LogP) is 3.01. The molecule has 0 aliphatic heterocycles. The second kappa shape index (κ2) is 6.37. The number of hydrogen-bond donors (Lipinski definition) is 0. The lowest BCUT2D eigenvalue weighted by Crippen LogP contribution is -2.40. The van der Waals surface area contributed by atoms with Crippen molar-refractivity contribution in [1.82, 2.24) is 4.90 Å². The Kier molecular flexibility index (Phi) is 5.44. The lowest BCUT2D eigenvalue weighted by molar-refractivity contribution is 0.0583. The molecular weight excluding hydrogens is 290 g/mol. The third kappa shape index (κ3) is 3.06. The van der Waals surface area contributed by atoms with Crippen LogP contribution in [0.4, 0.5) is 0 Å². The topological polar surface area (TPSA) is 29.5 Å². The lowest BCUT2D eigenvalue weighted by atomic mass is 10.2. The third-order valence-electron chi connectivity index (χ3n) is 2.35. The number of carbonyl (C=O) groups excluding carboxylic acids is 1. The van der Waals surface area contributed by atoms with E-state index < -0.39 is 0 Å². The molecule has 1 unspecified atom stereocenters.